The first-order valence-corrected chi connectivity index (χ1v) is 9.41. The van der Waals surface area contributed by atoms with E-state index in [2.05, 4.69) is 37.2 Å². The summed E-state index contributed by atoms with van der Waals surface area (Å²) in [6.07, 6.45) is 0.824. The zero-order chi connectivity index (χ0) is 16.2. The summed E-state index contributed by atoms with van der Waals surface area (Å²) < 4.78 is 23.4. The number of carboxylic acids is 1. The molecule has 116 valence electrons. The molecule has 0 saturated heterocycles. The Morgan fingerprint density at radius 3 is 2.48 bits per heavy atom. The summed E-state index contributed by atoms with van der Waals surface area (Å²) >= 11 is 6.42. The highest BCUT2D eigenvalue weighted by Crippen LogP contribution is 2.21. The first-order chi connectivity index (χ1) is 9.60. The van der Waals surface area contributed by atoms with Gasteiger partial charge in [-0.15, -0.1) is 0 Å². The molecule has 2 N–H and O–H groups in total. The van der Waals surface area contributed by atoms with Crippen molar-refractivity contribution in [3.63, 3.8) is 0 Å². The number of hydrogen-bond donors (Lipinski definition) is 2. The van der Waals surface area contributed by atoms with Crippen LogP contribution in [0.25, 0.3) is 0 Å². The summed E-state index contributed by atoms with van der Waals surface area (Å²) in [5.74, 6) is -2.19. The number of halogens is 2. The van der Waals surface area contributed by atoms with Gasteiger partial charge < -0.3 is 10.4 Å². The number of carbonyl (C=O) groups is 2. The van der Waals surface area contributed by atoms with Crippen LogP contribution in [0.5, 0.6) is 0 Å². The number of amides is 1. The lowest BCUT2D eigenvalue weighted by molar-refractivity contribution is -0.139. The molecule has 0 aliphatic heterocycles. The van der Waals surface area contributed by atoms with Crippen LogP contribution in [0.1, 0.15) is 16.8 Å². The van der Waals surface area contributed by atoms with Gasteiger partial charge in [-0.05, 0) is 40.5 Å². The Bertz CT molecular complexity index is 660. The monoisotopic (exact) mass is 441 g/mol. The average Bonchev–Trinajstić information content (AvgIpc) is 2.35. The van der Waals surface area contributed by atoms with Gasteiger partial charge >= 0.3 is 5.97 Å². The van der Waals surface area contributed by atoms with Crippen LogP contribution in [-0.4, -0.2) is 43.5 Å². The molecule has 1 atom stereocenters. The summed E-state index contributed by atoms with van der Waals surface area (Å²) in [4.78, 5) is 23.2. The molecule has 1 aromatic carbocycles. The highest BCUT2D eigenvalue weighted by Gasteiger charge is 2.23. The van der Waals surface area contributed by atoms with Crippen molar-refractivity contribution in [3.05, 3.63) is 32.7 Å². The quantitative estimate of drug-likeness (QED) is 0.699. The van der Waals surface area contributed by atoms with Gasteiger partial charge in [-0.1, -0.05) is 15.9 Å². The maximum Gasteiger partial charge on any atom is 0.326 e. The maximum atomic E-state index is 12.1. The standard InChI is InChI=1S/C12H13Br2NO5S/c1-21(19,20)5-4-10(12(17)18)15-11(16)8-6-7(13)2-3-9(8)14/h2-3,6,10H,4-5H2,1H3,(H,15,16)(H,17,18). The third kappa shape index (κ3) is 6.15. The summed E-state index contributed by atoms with van der Waals surface area (Å²) in [7, 11) is -3.30. The second-order valence-electron chi connectivity index (χ2n) is 4.41. The van der Waals surface area contributed by atoms with Crippen LogP contribution >= 0.6 is 31.9 Å². The van der Waals surface area contributed by atoms with Gasteiger partial charge in [-0.3, -0.25) is 4.79 Å². The fraction of sp³-hybridized carbons (Fsp3) is 0.333. The van der Waals surface area contributed by atoms with E-state index in [0.717, 1.165) is 6.26 Å². The van der Waals surface area contributed by atoms with Crippen LogP contribution < -0.4 is 5.32 Å². The van der Waals surface area contributed by atoms with E-state index >= 15 is 0 Å². The van der Waals surface area contributed by atoms with Crippen LogP contribution in [0.3, 0.4) is 0 Å². The van der Waals surface area contributed by atoms with Gasteiger partial charge in [-0.2, -0.15) is 0 Å². The van der Waals surface area contributed by atoms with Crippen molar-refractivity contribution in [1.29, 1.82) is 0 Å². The third-order valence-corrected chi connectivity index (χ3v) is 4.72. The normalized spacial score (nSPS) is 12.7. The van der Waals surface area contributed by atoms with E-state index in [1.165, 1.54) is 6.07 Å². The molecule has 0 bridgehead atoms. The topological polar surface area (TPSA) is 101 Å². The van der Waals surface area contributed by atoms with E-state index in [1.54, 1.807) is 12.1 Å². The minimum absolute atomic E-state index is 0.189. The molecule has 0 aromatic heterocycles. The Kier molecular flexibility index (Phi) is 6.36. The lowest BCUT2D eigenvalue weighted by Gasteiger charge is -2.14. The Labute approximate surface area is 139 Å². The number of aliphatic carboxylic acids is 1. The molecule has 0 fully saturated rings. The number of benzene rings is 1. The second-order valence-corrected chi connectivity index (χ2v) is 8.44. The predicted octanol–water partition coefficient (Wildman–Crippen LogP) is 1.83. The first kappa shape index (κ1) is 18.1. The second kappa shape index (κ2) is 7.37. The Hall–Kier alpha value is -0.930. The van der Waals surface area contributed by atoms with E-state index < -0.39 is 27.8 Å². The molecule has 9 heteroatoms. The van der Waals surface area contributed by atoms with Gasteiger partial charge in [0, 0.05) is 15.2 Å². The van der Waals surface area contributed by atoms with Crippen LogP contribution in [0.4, 0.5) is 0 Å². The molecule has 0 heterocycles. The van der Waals surface area contributed by atoms with Crippen LogP contribution in [0.2, 0.25) is 0 Å². The molecule has 0 spiro atoms. The molecule has 1 aromatic rings. The Morgan fingerprint density at radius 2 is 1.95 bits per heavy atom. The maximum absolute atomic E-state index is 12.1. The van der Waals surface area contributed by atoms with Crippen molar-refractivity contribution in [2.75, 3.05) is 12.0 Å². The molecule has 1 amide bonds. The van der Waals surface area contributed by atoms with E-state index in [4.69, 9.17) is 5.11 Å². The fourth-order valence-electron chi connectivity index (χ4n) is 1.50. The van der Waals surface area contributed by atoms with Gasteiger partial charge in [0.25, 0.3) is 5.91 Å². The SMILES string of the molecule is CS(=O)(=O)CCC(NC(=O)c1cc(Br)ccc1Br)C(=O)O. The number of carboxylic acid groups (broad SMARTS) is 1. The zero-order valence-electron chi connectivity index (χ0n) is 11.0. The van der Waals surface area contributed by atoms with Crippen LogP contribution in [0, 0.1) is 0 Å². The molecule has 0 radical (unpaired) electrons. The van der Waals surface area contributed by atoms with E-state index in [0.29, 0.717) is 8.95 Å². The molecule has 1 rings (SSSR count). The van der Waals surface area contributed by atoms with Crippen molar-refractivity contribution in [2.24, 2.45) is 0 Å². The molecule has 1 unspecified atom stereocenters. The van der Waals surface area contributed by atoms with Gasteiger partial charge in [0.1, 0.15) is 15.9 Å². The minimum atomic E-state index is -3.30. The highest BCUT2D eigenvalue weighted by atomic mass is 79.9. The highest BCUT2D eigenvalue weighted by molar-refractivity contribution is 9.11. The number of carbonyl (C=O) groups excluding carboxylic acids is 1. The Morgan fingerprint density at radius 1 is 1.33 bits per heavy atom. The van der Waals surface area contributed by atoms with Crippen LogP contribution in [-0.2, 0) is 14.6 Å². The predicted molar refractivity (Wildman–Crippen MR) is 85.1 cm³/mol. The van der Waals surface area contributed by atoms with Crippen molar-refractivity contribution in [3.8, 4) is 0 Å². The van der Waals surface area contributed by atoms with E-state index in [1.807, 2.05) is 0 Å². The fourth-order valence-corrected chi connectivity index (χ4v) is 2.95. The molecule has 0 aliphatic carbocycles. The number of rotatable bonds is 6. The van der Waals surface area contributed by atoms with Crippen molar-refractivity contribution in [1.82, 2.24) is 5.32 Å². The third-order valence-electron chi connectivity index (χ3n) is 2.55. The minimum Gasteiger partial charge on any atom is -0.480 e. The molecule has 0 aliphatic rings. The molecule has 0 saturated carbocycles. The number of hydrogen-bond acceptors (Lipinski definition) is 4. The van der Waals surface area contributed by atoms with Gasteiger partial charge in [0.05, 0.1) is 11.3 Å². The number of sulfone groups is 1. The lowest BCUT2D eigenvalue weighted by atomic mass is 10.1. The largest absolute Gasteiger partial charge is 0.480 e. The zero-order valence-corrected chi connectivity index (χ0v) is 15.0. The molecule has 21 heavy (non-hydrogen) atoms. The molecular formula is C12H13Br2NO5S. The molecule has 6 nitrogen and oxygen atoms in total. The van der Waals surface area contributed by atoms with Gasteiger partial charge in [0.15, 0.2) is 0 Å². The summed E-state index contributed by atoms with van der Waals surface area (Å²) in [5.41, 5.74) is 0.259. The van der Waals surface area contributed by atoms with Gasteiger partial charge in [0.2, 0.25) is 0 Å². The van der Waals surface area contributed by atoms with Crippen molar-refractivity contribution >= 4 is 53.6 Å². The smallest absolute Gasteiger partial charge is 0.326 e. The van der Waals surface area contributed by atoms with E-state index in [-0.39, 0.29) is 17.7 Å². The van der Waals surface area contributed by atoms with Gasteiger partial charge in [-0.25, -0.2) is 13.2 Å². The van der Waals surface area contributed by atoms with Crippen molar-refractivity contribution < 1.29 is 23.1 Å². The average molecular weight is 443 g/mol. The number of nitrogens with one attached hydrogen (secondary N) is 1. The van der Waals surface area contributed by atoms with Crippen molar-refractivity contribution in [2.45, 2.75) is 12.5 Å². The molecular weight excluding hydrogens is 430 g/mol. The summed E-state index contributed by atoms with van der Waals surface area (Å²) in [6, 6.07) is 3.64. The van der Waals surface area contributed by atoms with Crippen LogP contribution in [0.15, 0.2) is 27.1 Å². The summed E-state index contributed by atoms with van der Waals surface area (Å²) in [6.45, 7) is 0. The van der Waals surface area contributed by atoms with E-state index in [9.17, 15) is 18.0 Å². The summed E-state index contributed by atoms with van der Waals surface area (Å²) in [5, 5.41) is 11.4. The lowest BCUT2D eigenvalue weighted by Crippen LogP contribution is -2.42. The Balaban J connectivity index is 2.86. The first-order valence-electron chi connectivity index (χ1n) is 5.76.